The van der Waals surface area contributed by atoms with E-state index in [1.165, 1.54) is 12.8 Å². The van der Waals surface area contributed by atoms with Crippen molar-refractivity contribution >= 4 is 0 Å². The molecule has 1 aromatic carbocycles. The normalized spacial score (nSPS) is 16.0. The Labute approximate surface area is 139 Å². The molecule has 0 bridgehead atoms. The van der Waals surface area contributed by atoms with Crippen molar-refractivity contribution in [2.45, 2.75) is 51.5 Å². The molecule has 1 fully saturated rings. The molecule has 1 aromatic rings. The van der Waals surface area contributed by atoms with Gasteiger partial charge in [0.2, 0.25) is 0 Å². The molecule has 0 aromatic heterocycles. The first kappa shape index (κ1) is 18.0. The lowest BCUT2D eigenvalue weighted by molar-refractivity contribution is -0.0107. The van der Waals surface area contributed by atoms with Crippen molar-refractivity contribution in [3.63, 3.8) is 0 Å². The van der Waals surface area contributed by atoms with Crippen LogP contribution in [0.5, 0.6) is 11.5 Å². The molecule has 1 saturated carbocycles. The third kappa shape index (κ3) is 5.37. The number of hydrogen-bond donors (Lipinski definition) is 1. The lowest BCUT2D eigenvalue weighted by Crippen LogP contribution is -2.36. The molecule has 0 heterocycles. The van der Waals surface area contributed by atoms with Crippen LogP contribution in [0.15, 0.2) is 18.2 Å². The first-order chi connectivity index (χ1) is 11.0. The lowest BCUT2D eigenvalue weighted by Gasteiger charge is -2.26. The van der Waals surface area contributed by atoms with Gasteiger partial charge in [0.05, 0.1) is 33.0 Å². The number of nitrogens with zero attached hydrogens (tertiary/aromatic N) is 1. The zero-order valence-electron chi connectivity index (χ0n) is 14.6. The zero-order chi connectivity index (χ0) is 16.8. The van der Waals surface area contributed by atoms with Crippen molar-refractivity contribution in [2.24, 2.45) is 0 Å². The van der Waals surface area contributed by atoms with E-state index in [0.717, 1.165) is 23.6 Å². The summed E-state index contributed by atoms with van der Waals surface area (Å²) >= 11 is 0. The molecule has 0 amide bonds. The van der Waals surface area contributed by atoms with Crippen LogP contribution < -0.4 is 9.47 Å². The highest BCUT2D eigenvalue weighted by atomic mass is 16.5. The molecule has 0 radical (unpaired) electrons. The van der Waals surface area contributed by atoms with Gasteiger partial charge in [-0.2, -0.15) is 0 Å². The number of benzene rings is 1. The predicted octanol–water partition coefficient (Wildman–Crippen LogP) is 2.45. The second-order valence-electron chi connectivity index (χ2n) is 6.35. The highest BCUT2D eigenvalue weighted by molar-refractivity contribution is 5.46. The van der Waals surface area contributed by atoms with Crippen LogP contribution in [0.3, 0.4) is 0 Å². The fraction of sp³-hybridized carbons (Fsp3) is 0.667. The monoisotopic (exact) mass is 323 g/mol. The maximum absolute atomic E-state index is 10.2. The first-order valence-corrected chi connectivity index (χ1v) is 8.28. The van der Waals surface area contributed by atoms with E-state index in [1.807, 2.05) is 32.0 Å². The van der Waals surface area contributed by atoms with E-state index in [1.54, 1.807) is 14.2 Å². The molecular weight excluding hydrogens is 294 g/mol. The fourth-order valence-electron chi connectivity index (χ4n) is 2.71. The molecule has 0 unspecified atom stereocenters. The zero-order valence-corrected chi connectivity index (χ0v) is 14.6. The minimum Gasteiger partial charge on any atom is -0.493 e. The molecule has 130 valence electrons. The number of rotatable bonds is 10. The number of para-hydroxylation sites is 1. The Hall–Kier alpha value is -1.30. The van der Waals surface area contributed by atoms with Gasteiger partial charge in [0.1, 0.15) is 0 Å². The van der Waals surface area contributed by atoms with E-state index in [-0.39, 0.29) is 6.10 Å². The molecular formula is C18H29NO4. The van der Waals surface area contributed by atoms with Crippen molar-refractivity contribution in [1.29, 1.82) is 0 Å². The van der Waals surface area contributed by atoms with Crippen LogP contribution in [-0.4, -0.2) is 55.6 Å². The lowest BCUT2D eigenvalue weighted by atomic mass is 10.1. The summed E-state index contributed by atoms with van der Waals surface area (Å²) in [5.41, 5.74) is 1.08. The van der Waals surface area contributed by atoms with Crippen LogP contribution in [0.25, 0.3) is 0 Å². The topological polar surface area (TPSA) is 51.2 Å². The van der Waals surface area contributed by atoms with Gasteiger partial charge in [-0.25, -0.2) is 0 Å². The molecule has 1 aliphatic carbocycles. The molecule has 0 spiro atoms. The Morgan fingerprint density at radius 1 is 1.22 bits per heavy atom. The number of hydrogen-bond acceptors (Lipinski definition) is 5. The highest BCUT2D eigenvalue weighted by Gasteiger charge is 2.31. The summed E-state index contributed by atoms with van der Waals surface area (Å²) in [5.74, 6) is 1.51. The summed E-state index contributed by atoms with van der Waals surface area (Å²) in [6, 6.07) is 6.46. The van der Waals surface area contributed by atoms with Crippen molar-refractivity contribution < 1.29 is 19.3 Å². The van der Waals surface area contributed by atoms with Crippen LogP contribution in [0.1, 0.15) is 32.3 Å². The van der Waals surface area contributed by atoms with Gasteiger partial charge in [-0.3, -0.25) is 4.90 Å². The molecule has 1 atom stereocenters. The summed E-state index contributed by atoms with van der Waals surface area (Å²) in [4.78, 5) is 2.31. The maximum Gasteiger partial charge on any atom is 0.165 e. The van der Waals surface area contributed by atoms with E-state index in [9.17, 15) is 5.11 Å². The number of aliphatic hydroxyl groups excluding tert-OH is 1. The van der Waals surface area contributed by atoms with Crippen molar-refractivity contribution in [2.75, 3.05) is 27.4 Å². The van der Waals surface area contributed by atoms with E-state index in [0.29, 0.717) is 19.2 Å². The molecule has 5 heteroatoms. The van der Waals surface area contributed by atoms with Crippen molar-refractivity contribution in [3.05, 3.63) is 23.8 Å². The van der Waals surface area contributed by atoms with Gasteiger partial charge in [0.25, 0.3) is 0 Å². The third-order valence-electron chi connectivity index (χ3n) is 3.99. The number of ether oxygens (including phenoxy) is 3. The Bertz CT molecular complexity index is 488. The summed E-state index contributed by atoms with van der Waals surface area (Å²) in [6.45, 7) is 5.68. The predicted molar refractivity (Wildman–Crippen MR) is 90.1 cm³/mol. The van der Waals surface area contributed by atoms with Crippen molar-refractivity contribution in [1.82, 2.24) is 4.90 Å². The second-order valence-corrected chi connectivity index (χ2v) is 6.35. The Balaban J connectivity index is 2.02. The van der Waals surface area contributed by atoms with Gasteiger partial charge in [-0.1, -0.05) is 12.1 Å². The van der Waals surface area contributed by atoms with Gasteiger partial charge in [-0.05, 0) is 32.8 Å². The molecule has 0 saturated heterocycles. The van der Waals surface area contributed by atoms with Crippen molar-refractivity contribution in [3.8, 4) is 11.5 Å². The maximum atomic E-state index is 10.2. The Morgan fingerprint density at radius 3 is 2.52 bits per heavy atom. The smallest absolute Gasteiger partial charge is 0.165 e. The molecule has 2 rings (SSSR count). The van der Waals surface area contributed by atoms with Gasteiger partial charge in [0, 0.05) is 24.7 Å². The van der Waals surface area contributed by atoms with Gasteiger partial charge in [0.15, 0.2) is 11.5 Å². The minimum absolute atomic E-state index is 0.137. The Morgan fingerprint density at radius 2 is 1.96 bits per heavy atom. The van der Waals surface area contributed by atoms with Gasteiger partial charge in [-0.15, -0.1) is 0 Å². The summed E-state index contributed by atoms with van der Waals surface area (Å²) in [7, 11) is 3.31. The van der Waals surface area contributed by atoms with Crippen LogP contribution in [-0.2, 0) is 11.3 Å². The quantitative estimate of drug-likeness (QED) is 0.717. The first-order valence-electron chi connectivity index (χ1n) is 8.28. The number of aliphatic hydroxyl groups is 1. The molecule has 0 aliphatic heterocycles. The van der Waals surface area contributed by atoms with Crippen LogP contribution >= 0.6 is 0 Å². The van der Waals surface area contributed by atoms with E-state index < -0.39 is 6.10 Å². The van der Waals surface area contributed by atoms with E-state index >= 15 is 0 Å². The second kappa shape index (κ2) is 8.52. The largest absolute Gasteiger partial charge is 0.493 e. The summed E-state index contributed by atoms with van der Waals surface area (Å²) in [5, 5.41) is 10.2. The summed E-state index contributed by atoms with van der Waals surface area (Å²) < 4.78 is 16.4. The van der Waals surface area contributed by atoms with Crippen LogP contribution in [0.4, 0.5) is 0 Å². The van der Waals surface area contributed by atoms with Gasteiger partial charge >= 0.3 is 0 Å². The fourth-order valence-corrected chi connectivity index (χ4v) is 2.71. The molecule has 23 heavy (non-hydrogen) atoms. The standard InChI is InChI=1S/C18H29NO4/c1-13(2)23-12-16(20)11-19(15-8-9-15)10-14-6-5-7-17(21-3)18(14)22-4/h5-7,13,15-16,20H,8-12H2,1-4H3/t16-/m0/s1. The average Bonchev–Trinajstić information content (AvgIpc) is 3.36. The number of methoxy groups -OCH3 is 2. The van der Waals surface area contributed by atoms with Crippen LogP contribution in [0.2, 0.25) is 0 Å². The third-order valence-corrected chi connectivity index (χ3v) is 3.99. The SMILES string of the molecule is COc1cccc(CN(C[C@H](O)COC(C)C)C2CC2)c1OC. The minimum atomic E-state index is -0.477. The summed E-state index contributed by atoms with van der Waals surface area (Å²) in [6.07, 6.45) is 2.03. The molecule has 1 N–H and O–H groups in total. The average molecular weight is 323 g/mol. The van der Waals surface area contributed by atoms with E-state index in [2.05, 4.69) is 4.90 Å². The Kier molecular flexibility index (Phi) is 6.69. The van der Waals surface area contributed by atoms with E-state index in [4.69, 9.17) is 14.2 Å². The highest BCUT2D eigenvalue weighted by Crippen LogP contribution is 2.34. The van der Waals surface area contributed by atoms with Gasteiger partial charge < -0.3 is 19.3 Å². The molecule has 5 nitrogen and oxygen atoms in total. The molecule has 1 aliphatic rings. The van der Waals surface area contributed by atoms with Crippen LogP contribution in [0, 0.1) is 0 Å².